The van der Waals surface area contributed by atoms with Crippen molar-refractivity contribution in [3.05, 3.63) is 47.0 Å². The number of benzene rings is 2. The highest BCUT2D eigenvalue weighted by Gasteiger charge is 2.26. The van der Waals surface area contributed by atoms with Crippen LogP contribution in [0.1, 0.15) is 62.1 Å². The van der Waals surface area contributed by atoms with Gasteiger partial charge in [0.1, 0.15) is 0 Å². The molecule has 3 rings (SSSR count). The van der Waals surface area contributed by atoms with Gasteiger partial charge >= 0.3 is 0 Å². The number of aromatic hydroxyl groups is 4. The zero-order chi connectivity index (χ0) is 23.6. The predicted octanol–water partition coefficient (Wildman–Crippen LogP) is 4.47. The Hall–Kier alpha value is -2.44. The zero-order valence-corrected chi connectivity index (χ0v) is 19.9. The number of nitrogens with one attached hydrogen (secondary N) is 1. The van der Waals surface area contributed by atoms with Crippen LogP contribution in [-0.4, -0.2) is 57.5 Å². The first kappa shape index (κ1) is 25.2. The average molecular weight is 457 g/mol. The van der Waals surface area contributed by atoms with Gasteiger partial charge in [-0.3, -0.25) is 0 Å². The SMILES string of the molecule is CCCN(CCCCCCNCCc1ccc(O)c(O)c1)[C@H]1CCc2c(ccc(O)c2O)C1. The molecule has 0 saturated heterocycles. The number of hydrogen-bond donors (Lipinski definition) is 5. The monoisotopic (exact) mass is 456 g/mol. The van der Waals surface area contributed by atoms with Crippen molar-refractivity contribution in [2.24, 2.45) is 0 Å². The molecule has 0 heterocycles. The van der Waals surface area contributed by atoms with E-state index in [9.17, 15) is 20.4 Å². The number of phenols is 4. The summed E-state index contributed by atoms with van der Waals surface area (Å²) in [5, 5.41) is 42.3. The lowest BCUT2D eigenvalue weighted by Crippen LogP contribution is -2.40. The average Bonchev–Trinajstić information content (AvgIpc) is 2.81. The van der Waals surface area contributed by atoms with Gasteiger partial charge in [0.25, 0.3) is 0 Å². The van der Waals surface area contributed by atoms with Crippen LogP contribution in [0.15, 0.2) is 30.3 Å². The highest BCUT2D eigenvalue weighted by molar-refractivity contribution is 5.50. The Morgan fingerprint density at radius 3 is 2.45 bits per heavy atom. The summed E-state index contributed by atoms with van der Waals surface area (Å²) in [6.45, 7) is 6.33. The fourth-order valence-corrected chi connectivity index (χ4v) is 4.88. The molecule has 1 aliphatic rings. The maximum absolute atomic E-state index is 10.1. The molecule has 0 fully saturated rings. The molecule has 2 aromatic carbocycles. The van der Waals surface area contributed by atoms with Gasteiger partial charge in [-0.15, -0.1) is 0 Å². The minimum absolute atomic E-state index is 0.00763. The number of hydrogen-bond acceptors (Lipinski definition) is 6. The van der Waals surface area contributed by atoms with Gasteiger partial charge in [-0.2, -0.15) is 0 Å². The first-order chi connectivity index (χ1) is 16.0. The molecule has 6 nitrogen and oxygen atoms in total. The van der Waals surface area contributed by atoms with Crippen molar-refractivity contribution >= 4 is 0 Å². The van der Waals surface area contributed by atoms with Gasteiger partial charge in [-0.05, 0) is 100 Å². The Balaban J connectivity index is 1.30. The van der Waals surface area contributed by atoms with Gasteiger partial charge in [0.15, 0.2) is 23.0 Å². The van der Waals surface area contributed by atoms with Crippen molar-refractivity contribution in [1.29, 1.82) is 0 Å². The van der Waals surface area contributed by atoms with Crippen LogP contribution in [0.25, 0.3) is 0 Å². The molecule has 6 heteroatoms. The van der Waals surface area contributed by atoms with E-state index in [0.717, 1.165) is 75.8 Å². The summed E-state index contributed by atoms with van der Waals surface area (Å²) in [4.78, 5) is 2.62. The number of nitrogens with zero attached hydrogens (tertiary/aromatic N) is 1. The highest BCUT2D eigenvalue weighted by atomic mass is 16.3. The Morgan fingerprint density at radius 2 is 1.67 bits per heavy atom. The first-order valence-electron chi connectivity index (χ1n) is 12.5. The van der Waals surface area contributed by atoms with Crippen LogP contribution in [0, 0.1) is 0 Å². The Morgan fingerprint density at radius 1 is 0.879 bits per heavy atom. The molecule has 1 aliphatic carbocycles. The standard InChI is InChI=1S/C27H40N2O4/c1-2-16-29(22-9-10-23-21(19-22)8-12-25(31)27(23)33)17-6-4-3-5-14-28-15-13-20-7-11-24(30)26(32)18-20/h7-8,11-12,18,22,28,30-33H,2-6,9-10,13-17,19H2,1H3/t22-/m0/s1. The van der Waals surface area contributed by atoms with Gasteiger partial charge in [0, 0.05) is 11.6 Å². The summed E-state index contributed by atoms with van der Waals surface area (Å²) in [5.74, 6) is -0.0637. The van der Waals surface area contributed by atoms with E-state index in [2.05, 4.69) is 17.1 Å². The lowest BCUT2D eigenvalue weighted by Gasteiger charge is -2.35. The van der Waals surface area contributed by atoms with Crippen LogP contribution in [0.2, 0.25) is 0 Å². The number of fused-ring (bicyclic) bond motifs is 1. The molecule has 0 spiro atoms. The van der Waals surface area contributed by atoms with Gasteiger partial charge in [-0.1, -0.05) is 31.9 Å². The van der Waals surface area contributed by atoms with E-state index < -0.39 is 0 Å². The van der Waals surface area contributed by atoms with Crippen LogP contribution in [0.5, 0.6) is 23.0 Å². The van der Waals surface area contributed by atoms with Crippen LogP contribution in [0.4, 0.5) is 0 Å². The van der Waals surface area contributed by atoms with Crippen LogP contribution >= 0.6 is 0 Å². The Kier molecular flexibility index (Phi) is 9.70. The van der Waals surface area contributed by atoms with Crippen LogP contribution in [-0.2, 0) is 19.3 Å². The summed E-state index contributed by atoms with van der Waals surface area (Å²) < 4.78 is 0. The molecular weight excluding hydrogens is 416 g/mol. The summed E-state index contributed by atoms with van der Waals surface area (Å²) in [7, 11) is 0. The van der Waals surface area contributed by atoms with Gasteiger partial charge in [-0.25, -0.2) is 0 Å². The summed E-state index contributed by atoms with van der Waals surface area (Å²) in [5.41, 5.74) is 3.12. The van der Waals surface area contributed by atoms with Crippen LogP contribution in [0.3, 0.4) is 0 Å². The van der Waals surface area contributed by atoms with Crippen molar-refractivity contribution in [3.8, 4) is 23.0 Å². The zero-order valence-electron chi connectivity index (χ0n) is 19.9. The second kappa shape index (κ2) is 12.7. The fraction of sp³-hybridized carbons (Fsp3) is 0.556. The van der Waals surface area contributed by atoms with Gasteiger partial charge in [0.2, 0.25) is 0 Å². The minimum Gasteiger partial charge on any atom is -0.504 e. The summed E-state index contributed by atoms with van der Waals surface area (Å²) >= 11 is 0. The van der Waals surface area contributed by atoms with E-state index in [4.69, 9.17) is 0 Å². The number of rotatable bonds is 13. The van der Waals surface area contributed by atoms with E-state index in [-0.39, 0.29) is 23.0 Å². The topological polar surface area (TPSA) is 96.2 Å². The number of phenolic OH excluding ortho intramolecular Hbond substituents is 4. The third kappa shape index (κ3) is 7.27. The lowest BCUT2D eigenvalue weighted by molar-refractivity contribution is 0.175. The van der Waals surface area contributed by atoms with E-state index in [1.165, 1.54) is 30.9 Å². The maximum Gasteiger partial charge on any atom is 0.160 e. The molecule has 0 unspecified atom stereocenters. The van der Waals surface area contributed by atoms with E-state index in [0.29, 0.717) is 6.04 Å². The molecule has 5 N–H and O–H groups in total. The molecule has 0 saturated carbocycles. The summed E-state index contributed by atoms with van der Waals surface area (Å²) in [6, 6.07) is 9.10. The predicted molar refractivity (Wildman–Crippen MR) is 132 cm³/mol. The van der Waals surface area contributed by atoms with Crippen molar-refractivity contribution < 1.29 is 20.4 Å². The molecule has 2 aromatic rings. The minimum atomic E-state index is -0.0721. The number of unbranched alkanes of at least 4 members (excludes halogenated alkanes) is 3. The van der Waals surface area contributed by atoms with Crippen molar-refractivity contribution in [3.63, 3.8) is 0 Å². The van der Waals surface area contributed by atoms with Crippen LogP contribution < -0.4 is 5.32 Å². The van der Waals surface area contributed by atoms with E-state index in [1.807, 2.05) is 12.1 Å². The van der Waals surface area contributed by atoms with E-state index >= 15 is 0 Å². The molecule has 0 aliphatic heterocycles. The second-order valence-corrected chi connectivity index (χ2v) is 9.24. The lowest BCUT2D eigenvalue weighted by atomic mass is 9.86. The molecule has 0 bridgehead atoms. The molecular formula is C27H40N2O4. The largest absolute Gasteiger partial charge is 0.504 e. The molecule has 0 amide bonds. The molecule has 1 atom stereocenters. The summed E-state index contributed by atoms with van der Waals surface area (Å²) in [6.07, 6.45) is 9.60. The smallest absolute Gasteiger partial charge is 0.160 e. The second-order valence-electron chi connectivity index (χ2n) is 9.24. The van der Waals surface area contributed by atoms with Gasteiger partial charge < -0.3 is 30.6 Å². The maximum atomic E-state index is 10.1. The normalized spacial score (nSPS) is 15.6. The molecule has 0 aromatic heterocycles. The Bertz CT molecular complexity index is 887. The van der Waals surface area contributed by atoms with Crippen molar-refractivity contribution in [2.45, 2.75) is 70.8 Å². The third-order valence-corrected chi connectivity index (χ3v) is 6.75. The first-order valence-corrected chi connectivity index (χ1v) is 12.5. The molecule has 182 valence electrons. The van der Waals surface area contributed by atoms with Crippen molar-refractivity contribution in [2.75, 3.05) is 26.2 Å². The Labute approximate surface area is 197 Å². The van der Waals surface area contributed by atoms with Crippen molar-refractivity contribution in [1.82, 2.24) is 10.2 Å². The third-order valence-electron chi connectivity index (χ3n) is 6.75. The fourth-order valence-electron chi connectivity index (χ4n) is 4.88. The molecule has 0 radical (unpaired) electrons. The van der Waals surface area contributed by atoms with E-state index in [1.54, 1.807) is 12.1 Å². The van der Waals surface area contributed by atoms with Gasteiger partial charge in [0.05, 0.1) is 0 Å². The highest BCUT2D eigenvalue weighted by Crippen LogP contribution is 2.36. The quantitative estimate of drug-likeness (QED) is 0.225. The molecule has 33 heavy (non-hydrogen) atoms.